The van der Waals surface area contributed by atoms with Crippen LogP contribution in [0, 0.1) is 13.8 Å². The van der Waals surface area contributed by atoms with Gasteiger partial charge in [-0.15, -0.1) is 0 Å². The number of esters is 1. The van der Waals surface area contributed by atoms with Crippen molar-refractivity contribution in [3.05, 3.63) is 76.5 Å². The molecule has 0 spiro atoms. The van der Waals surface area contributed by atoms with E-state index in [0.29, 0.717) is 17.9 Å². The number of pyridine rings is 1. The highest BCUT2D eigenvalue weighted by Gasteiger charge is 2.20. The lowest BCUT2D eigenvalue weighted by Crippen LogP contribution is -2.13. The first-order valence-corrected chi connectivity index (χ1v) is 8.88. The molecular formula is C22H22N2O3. The van der Waals surface area contributed by atoms with Gasteiger partial charge >= 0.3 is 5.97 Å². The predicted molar refractivity (Wildman–Crippen MR) is 106 cm³/mol. The molecule has 2 aromatic carbocycles. The highest BCUT2D eigenvalue weighted by molar-refractivity contribution is 5.98. The van der Waals surface area contributed by atoms with E-state index in [-0.39, 0.29) is 6.61 Å². The fourth-order valence-electron chi connectivity index (χ4n) is 2.94. The van der Waals surface area contributed by atoms with Gasteiger partial charge in [-0.3, -0.25) is 0 Å². The first-order valence-electron chi connectivity index (χ1n) is 8.88. The van der Waals surface area contributed by atoms with Gasteiger partial charge in [0.1, 0.15) is 0 Å². The summed E-state index contributed by atoms with van der Waals surface area (Å²) >= 11 is 0. The molecule has 0 aliphatic rings. The average molecular weight is 362 g/mol. The first-order chi connectivity index (χ1) is 13.1. The molecule has 0 saturated heterocycles. The highest BCUT2D eigenvalue weighted by atomic mass is 16.6. The lowest BCUT2D eigenvalue weighted by Gasteiger charge is -2.13. The second-order valence-electron chi connectivity index (χ2n) is 6.16. The highest BCUT2D eigenvalue weighted by Crippen LogP contribution is 2.24. The fourth-order valence-corrected chi connectivity index (χ4v) is 2.94. The lowest BCUT2D eigenvalue weighted by atomic mass is 10.0. The standard InChI is InChI=1S/C22H22N2O3/c1-4-26-22(25)21-16(3)18-11-7-8-12-19(18)24-20(21)14-27-23-13-17-10-6-5-9-15(17)2/h5-13H,4,14H2,1-3H3/b23-13-. The largest absolute Gasteiger partial charge is 0.462 e. The van der Waals surface area contributed by atoms with Gasteiger partial charge in [0.25, 0.3) is 0 Å². The molecule has 0 N–H and O–H groups in total. The average Bonchev–Trinajstić information content (AvgIpc) is 2.67. The molecular weight excluding hydrogens is 340 g/mol. The zero-order chi connectivity index (χ0) is 19.2. The zero-order valence-electron chi connectivity index (χ0n) is 15.7. The summed E-state index contributed by atoms with van der Waals surface area (Å²) in [5.41, 5.74) is 4.70. The number of carbonyl (C=O) groups excluding carboxylic acids is 1. The predicted octanol–water partition coefficient (Wildman–Crippen LogP) is 4.58. The smallest absolute Gasteiger partial charge is 0.340 e. The van der Waals surface area contributed by atoms with Crippen LogP contribution >= 0.6 is 0 Å². The Labute approximate surface area is 158 Å². The van der Waals surface area contributed by atoms with Gasteiger partial charge in [-0.2, -0.15) is 0 Å². The Morgan fingerprint density at radius 3 is 2.63 bits per heavy atom. The summed E-state index contributed by atoms with van der Waals surface area (Å²) in [4.78, 5) is 22.5. The van der Waals surface area contributed by atoms with E-state index in [1.807, 2.05) is 62.4 Å². The fraction of sp³-hybridized carbons (Fsp3) is 0.227. The van der Waals surface area contributed by atoms with Crippen molar-refractivity contribution in [1.29, 1.82) is 0 Å². The van der Waals surface area contributed by atoms with Crippen LogP contribution in [0.3, 0.4) is 0 Å². The van der Waals surface area contributed by atoms with Crippen LogP contribution in [0.25, 0.3) is 10.9 Å². The Bertz CT molecular complexity index is 996. The van der Waals surface area contributed by atoms with E-state index in [2.05, 4.69) is 10.1 Å². The minimum absolute atomic E-state index is 0.0855. The van der Waals surface area contributed by atoms with Gasteiger partial charge in [-0.25, -0.2) is 9.78 Å². The number of aryl methyl sites for hydroxylation is 2. The molecule has 27 heavy (non-hydrogen) atoms. The van der Waals surface area contributed by atoms with E-state index < -0.39 is 5.97 Å². The second-order valence-corrected chi connectivity index (χ2v) is 6.16. The molecule has 0 radical (unpaired) electrons. The summed E-state index contributed by atoms with van der Waals surface area (Å²) in [5, 5.41) is 4.96. The van der Waals surface area contributed by atoms with Gasteiger partial charge in [-0.1, -0.05) is 47.6 Å². The van der Waals surface area contributed by atoms with Crippen LogP contribution in [0.4, 0.5) is 0 Å². The third-order valence-electron chi connectivity index (χ3n) is 4.36. The molecule has 0 amide bonds. The minimum atomic E-state index is -0.394. The maximum absolute atomic E-state index is 12.5. The summed E-state index contributed by atoms with van der Waals surface area (Å²) in [6.07, 6.45) is 1.66. The summed E-state index contributed by atoms with van der Waals surface area (Å²) in [7, 11) is 0. The molecule has 0 bridgehead atoms. The van der Waals surface area contributed by atoms with Gasteiger partial charge in [0.15, 0.2) is 6.61 Å². The van der Waals surface area contributed by atoms with Crippen molar-refractivity contribution in [2.24, 2.45) is 5.16 Å². The van der Waals surface area contributed by atoms with E-state index >= 15 is 0 Å². The second kappa shape index (κ2) is 8.45. The van der Waals surface area contributed by atoms with Crippen molar-refractivity contribution in [2.45, 2.75) is 27.4 Å². The van der Waals surface area contributed by atoms with Crippen LogP contribution in [0.1, 0.15) is 39.7 Å². The molecule has 5 heteroatoms. The number of aromatic nitrogens is 1. The van der Waals surface area contributed by atoms with Gasteiger partial charge in [0.05, 0.1) is 29.6 Å². The molecule has 138 valence electrons. The van der Waals surface area contributed by atoms with Crippen LogP contribution in [0.15, 0.2) is 53.7 Å². The third-order valence-corrected chi connectivity index (χ3v) is 4.36. The maximum atomic E-state index is 12.5. The van der Waals surface area contributed by atoms with Crippen LogP contribution < -0.4 is 0 Å². The molecule has 1 heterocycles. The van der Waals surface area contributed by atoms with Crippen LogP contribution in [0.5, 0.6) is 0 Å². The number of ether oxygens (including phenoxy) is 1. The molecule has 0 aliphatic heterocycles. The molecule has 5 nitrogen and oxygen atoms in total. The molecule has 0 atom stereocenters. The van der Waals surface area contributed by atoms with Gasteiger partial charge in [0.2, 0.25) is 0 Å². The van der Waals surface area contributed by atoms with Crippen molar-refractivity contribution in [2.75, 3.05) is 6.61 Å². The van der Waals surface area contributed by atoms with Crippen molar-refractivity contribution >= 4 is 23.1 Å². The summed E-state index contributed by atoms with van der Waals surface area (Å²) < 4.78 is 5.22. The maximum Gasteiger partial charge on any atom is 0.340 e. The zero-order valence-corrected chi connectivity index (χ0v) is 15.7. The van der Waals surface area contributed by atoms with E-state index in [0.717, 1.165) is 27.6 Å². The van der Waals surface area contributed by atoms with Crippen LogP contribution in [-0.2, 0) is 16.2 Å². The molecule has 3 rings (SSSR count). The number of hydrogen-bond acceptors (Lipinski definition) is 5. The summed E-state index contributed by atoms with van der Waals surface area (Å²) in [5.74, 6) is -0.394. The minimum Gasteiger partial charge on any atom is -0.462 e. The number of rotatable bonds is 6. The number of hydrogen-bond donors (Lipinski definition) is 0. The van der Waals surface area contributed by atoms with E-state index in [9.17, 15) is 4.79 Å². The molecule has 0 fully saturated rings. The lowest BCUT2D eigenvalue weighted by molar-refractivity contribution is 0.0517. The van der Waals surface area contributed by atoms with Crippen LogP contribution in [0.2, 0.25) is 0 Å². The molecule has 1 aromatic heterocycles. The molecule has 0 unspecified atom stereocenters. The van der Waals surface area contributed by atoms with Gasteiger partial charge in [-0.05, 0) is 43.5 Å². The Kier molecular flexibility index (Phi) is 5.81. The van der Waals surface area contributed by atoms with Gasteiger partial charge < -0.3 is 9.57 Å². The van der Waals surface area contributed by atoms with E-state index in [1.54, 1.807) is 13.1 Å². The number of oxime groups is 1. The van der Waals surface area contributed by atoms with Crippen LogP contribution in [-0.4, -0.2) is 23.8 Å². The van der Waals surface area contributed by atoms with Gasteiger partial charge in [0, 0.05) is 5.39 Å². The van der Waals surface area contributed by atoms with Crippen molar-refractivity contribution in [3.63, 3.8) is 0 Å². The van der Waals surface area contributed by atoms with E-state index in [1.165, 1.54) is 0 Å². The number of carbonyl (C=O) groups is 1. The van der Waals surface area contributed by atoms with Crippen molar-refractivity contribution in [1.82, 2.24) is 4.98 Å². The number of benzene rings is 2. The third kappa shape index (κ3) is 4.14. The number of para-hydroxylation sites is 1. The van der Waals surface area contributed by atoms with Crippen molar-refractivity contribution in [3.8, 4) is 0 Å². The Morgan fingerprint density at radius 1 is 1.11 bits per heavy atom. The Hall–Kier alpha value is -3.21. The van der Waals surface area contributed by atoms with Crippen molar-refractivity contribution < 1.29 is 14.4 Å². The monoisotopic (exact) mass is 362 g/mol. The quantitative estimate of drug-likeness (QED) is 0.366. The normalized spacial score (nSPS) is 11.1. The first kappa shape index (κ1) is 18.6. The SMILES string of the molecule is CCOC(=O)c1c(CO/N=C\c2ccccc2C)nc2ccccc2c1C. The molecule has 3 aromatic rings. The summed E-state index contributed by atoms with van der Waals surface area (Å²) in [6.45, 7) is 6.08. The van der Waals surface area contributed by atoms with E-state index in [4.69, 9.17) is 9.57 Å². The molecule has 0 aliphatic carbocycles. The Balaban J connectivity index is 1.89. The number of nitrogens with zero attached hydrogens (tertiary/aromatic N) is 2. The topological polar surface area (TPSA) is 60.8 Å². The summed E-state index contributed by atoms with van der Waals surface area (Å²) in [6, 6.07) is 15.6. The molecule has 0 saturated carbocycles. The Morgan fingerprint density at radius 2 is 1.85 bits per heavy atom. The number of fused-ring (bicyclic) bond motifs is 1.